The molecule has 0 unspecified atom stereocenters. The van der Waals surface area contributed by atoms with Crippen molar-refractivity contribution in [2.75, 3.05) is 11.9 Å². The number of para-hydroxylation sites is 1. The van der Waals surface area contributed by atoms with Crippen LogP contribution in [0.4, 0.5) is 11.4 Å². The number of hydrogen-bond acceptors (Lipinski definition) is 4. The molecule has 1 heterocycles. The lowest BCUT2D eigenvalue weighted by molar-refractivity contribution is 0.115. The normalized spacial score (nSPS) is 17.6. The third-order valence-electron chi connectivity index (χ3n) is 3.07. The van der Waals surface area contributed by atoms with Gasteiger partial charge in [-0.2, -0.15) is 0 Å². The molecule has 1 atom stereocenters. The van der Waals surface area contributed by atoms with Gasteiger partial charge in [0.1, 0.15) is 12.3 Å². The monoisotopic (exact) mass is 253 g/mol. The highest BCUT2D eigenvalue weighted by molar-refractivity contribution is 5.65. The molecule has 2 aromatic rings. The van der Waals surface area contributed by atoms with Crippen LogP contribution in [0.25, 0.3) is 0 Å². The van der Waals surface area contributed by atoms with Crippen LogP contribution in [-0.2, 0) is 11.3 Å². The summed E-state index contributed by atoms with van der Waals surface area (Å²) in [4.78, 5) is 5.21. The van der Waals surface area contributed by atoms with Crippen LogP contribution in [0.5, 0.6) is 0 Å². The van der Waals surface area contributed by atoms with Crippen LogP contribution in [0.2, 0.25) is 0 Å². The fourth-order valence-electron chi connectivity index (χ4n) is 2.15. The van der Waals surface area contributed by atoms with Gasteiger partial charge in [0.25, 0.3) is 0 Å². The summed E-state index contributed by atoms with van der Waals surface area (Å²) in [6.07, 6.45) is 0.894. The average Bonchev–Trinajstić information content (AvgIpc) is 2.43. The van der Waals surface area contributed by atoms with Crippen molar-refractivity contribution in [2.45, 2.75) is 12.5 Å². The van der Waals surface area contributed by atoms with Gasteiger partial charge in [0, 0.05) is 5.28 Å². The average molecular weight is 253 g/mol. The van der Waals surface area contributed by atoms with E-state index in [0.29, 0.717) is 6.61 Å². The summed E-state index contributed by atoms with van der Waals surface area (Å²) in [6.45, 7) is 0.507. The lowest BCUT2D eigenvalue weighted by Crippen LogP contribution is -2.27. The minimum absolute atomic E-state index is 0.183. The SMILES string of the molecule is c1ccc(C[C@H]2CON=Nc3ccccc3N2)cc1. The Labute approximate surface area is 112 Å². The molecule has 0 aromatic heterocycles. The quantitative estimate of drug-likeness (QED) is 0.886. The molecule has 0 aliphatic carbocycles. The van der Waals surface area contributed by atoms with E-state index in [4.69, 9.17) is 4.84 Å². The smallest absolute Gasteiger partial charge is 0.139 e. The first-order valence-electron chi connectivity index (χ1n) is 6.34. The Balaban J connectivity index is 1.79. The van der Waals surface area contributed by atoms with E-state index in [-0.39, 0.29) is 6.04 Å². The van der Waals surface area contributed by atoms with Crippen molar-refractivity contribution < 1.29 is 4.84 Å². The van der Waals surface area contributed by atoms with Crippen molar-refractivity contribution in [3.63, 3.8) is 0 Å². The molecular formula is C15H15N3O. The summed E-state index contributed by atoms with van der Waals surface area (Å²) in [5.74, 6) is 0. The lowest BCUT2D eigenvalue weighted by atomic mass is 10.1. The van der Waals surface area contributed by atoms with E-state index < -0.39 is 0 Å². The Morgan fingerprint density at radius 3 is 2.74 bits per heavy atom. The second-order valence-electron chi connectivity index (χ2n) is 4.53. The molecule has 0 spiro atoms. The summed E-state index contributed by atoms with van der Waals surface area (Å²) >= 11 is 0. The molecule has 0 amide bonds. The summed E-state index contributed by atoms with van der Waals surface area (Å²) < 4.78 is 0. The van der Waals surface area contributed by atoms with Crippen LogP contribution in [0.15, 0.2) is 65.0 Å². The highest BCUT2D eigenvalue weighted by atomic mass is 16.6. The fraction of sp³-hybridized carbons (Fsp3) is 0.200. The molecule has 1 aliphatic rings. The van der Waals surface area contributed by atoms with Crippen molar-refractivity contribution >= 4 is 11.4 Å². The van der Waals surface area contributed by atoms with Crippen LogP contribution in [-0.4, -0.2) is 12.6 Å². The van der Waals surface area contributed by atoms with E-state index in [1.54, 1.807) is 0 Å². The molecule has 1 aliphatic heterocycles. The number of fused-ring (bicyclic) bond motifs is 1. The van der Waals surface area contributed by atoms with E-state index >= 15 is 0 Å². The maximum Gasteiger partial charge on any atom is 0.139 e. The molecule has 0 saturated heterocycles. The standard InChI is InChI=1S/C15H15N3O/c1-2-6-12(7-3-1)10-13-11-19-18-17-15-9-5-4-8-14(15)16-13/h1-9,13,16H,10-11H2/t13-/m0/s1. The summed E-state index contributed by atoms with van der Waals surface area (Å²) in [5, 5.41) is 11.2. The molecule has 0 radical (unpaired) electrons. The molecule has 19 heavy (non-hydrogen) atoms. The van der Waals surface area contributed by atoms with Crippen LogP contribution in [0.3, 0.4) is 0 Å². The van der Waals surface area contributed by atoms with Gasteiger partial charge in [0.15, 0.2) is 0 Å². The third-order valence-corrected chi connectivity index (χ3v) is 3.07. The first-order valence-corrected chi connectivity index (χ1v) is 6.34. The minimum Gasteiger partial charge on any atom is -0.377 e. The van der Waals surface area contributed by atoms with E-state index in [2.05, 4.69) is 27.8 Å². The first-order chi connectivity index (χ1) is 9.42. The van der Waals surface area contributed by atoms with E-state index in [9.17, 15) is 0 Å². The second kappa shape index (κ2) is 5.52. The molecule has 0 fully saturated rings. The van der Waals surface area contributed by atoms with Gasteiger partial charge in [-0.25, -0.2) is 0 Å². The van der Waals surface area contributed by atoms with Gasteiger partial charge >= 0.3 is 0 Å². The Kier molecular flexibility index (Phi) is 3.40. The number of anilines is 1. The Morgan fingerprint density at radius 1 is 1.05 bits per heavy atom. The van der Waals surface area contributed by atoms with Gasteiger partial charge in [-0.05, 0) is 24.1 Å². The molecule has 96 valence electrons. The maximum absolute atomic E-state index is 5.21. The zero-order chi connectivity index (χ0) is 12.9. The summed E-state index contributed by atoms with van der Waals surface area (Å²) in [6, 6.07) is 18.4. The number of hydrogen-bond donors (Lipinski definition) is 1. The highest BCUT2D eigenvalue weighted by Gasteiger charge is 2.14. The van der Waals surface area contributed by atoms with E-state index in [1.807, 2.05) is 42.5 Å². The van der Waals surface area contributed by atoms with Crippen molar-refractivity contribution in [2.24, 2.45) is 10.4 Å². The molecule has 3 rings (SSSR count). The Hall–Kier alpha value is -2.36. The van der Waals surface area contributed by atoms with Crippen molar-refractivity contribution in [1.29, 1.82) is 0 Å². The van der Waals surface area contributed by atoms with Crippen molar-refractivity contribution in [1.82, 2.24) is 0 Å². The number of nitrogens with one attached hydrogen (secondary N) is 1. The van der Waals surface area contributed by atoms with Crippen LogP contribution < -0.4 is 5.32 Å². The third kappa shape index (κ3) is 2.91. The molecule has 4 nitrogen and oxygen atoms in total. The van der Waals surface area contributed by atoms with Crippen LogP contribution >= 0.6 is 0 Å². The number of nitrogens with zero attached hydrogens (tertiary/aromatic N) is 2. The van der Waals surface area contributed by atoms with E-state index in [0.717, 1.165) is 17.8 Å². The second-order valence-corrected chi connectivity index (χ2v) is 4.53. The molecular weight excluding hydrogens is 238 g/mol. The van der Waals surface area contributed by atoms with Gasteiger partial charge in [-0.15, -0.1) is 5.11 Å². The molecule has 2 aromatic carbocycles. The van der Waals surface area contributed by atoms with E-state index in [1.165, 1.54) is 5.56 Å². The highest BCUT2D eigenvalue weighted by Crippen LogP contribution is 2.27. The van der Waals surface area contributed by atoms with Crippen LogP contribution in [0, 0.1) is 0 Å². The van der Waals surface area contributed by atoms with Gasteiger partial charge in [-0.3, -0.25) is 0 Å². The lowest BCUT2D eigenvalue weighted by Gasteiger charge is -2.21. The summed E-state index contributed by atoms with van der Waals surface area (Å²) in [5.41, 5.74) is 3.08. The number of rotatable bonds is 2. The van der Waals surface area contributed by atoms with Gasteiger partial charge in [-0.1, -0.05) is 42.5 Å². The Bertz CT molecular complexity index is 569. The van der Waals surface area contributed by atoms with Crippen molar-refractivity contribution in [3.8, 4) is 0 Å². The minimum atomic E-state index is 0.183. The largest absolute Gasteiger partial charge is 0.377 e. The predicted octanol–water partition coefficient (Wildman–Crippen LogP) is 3.74. The number of benzene rings is 2. The molecule has 4 heteroatoms. The molecule has 1 N–H and O–H groups in total. The summed E-state index contributed by atoms with van der Waals surface area (Å²) in [7, 11) is 0. The maximum atomic E-state index is 5.21. The fourth-order valence-corrected chi connectivity index (χ4v) is 2.15. The predicted molar refractivity (Wildman–Crippen MR) is 74.5 cm³/mol. The van der Waals surface area contributed by atoms with Crippen LogP contribution in [0.1, 0.15) is 5.56 Å². The van der Waals surface area contributed by atoms with Crippen molar-refractivity contribution in [3.05, 3.63) is 60.2 Å². The molecule has 0 bridgehead atoms. The molecule has 0 saturated carbocycles. The zero-order valence-electron chi connectivity index (χ0n) is 10.5. The zero-order valence-corrected chi connectivity index (χ0v) is 10.5. The Morgan fingerprint density at radius 2 is 1.84 bits per heavy atom. The first kappa shape index (κ1) is 11.7. The van der Waals surface area contributed by atoms with Gasteiger partial charge in [0.05, 0.1) is 11.7 Å². The van der Waals surface area contributed by atoms with Gasteiger partial charge < -0.3 is 10.2 Å². The topological polar surface area (TPSA) is 46.0 Å². The van der Waals surface area contributed by atoms with Gasteiger partial charge in [0.2, 0.25) is 0 Å².